The van der Waals surface area contributed by atoms with Gasteiger partial charge < -0.3 is 20.3 Å². The van der Waals surface area contributed by atoms with Gasteiger partial charge >= 0.3 is 0 Å². The number of nitrogens with one attached hydrogen (secondary N) is 2. The van der Waals surface area contributed by atoms with Gasteiger partial charge in [0.1, 0.15) is 5.82 Å². The fourth-order valence-corrected chi connectivity index (χ4v) is 4.46. The third kappa shape index (κ3) is 9.42. The smallest absolute Gasteiger partial charge is 0.270 e. The first-order valence-electron chi connectivity index (χ1n) is 12.4. The molecule has 0 aliphatic carbocycles. The van der Waals surface area contributed by atoms with Gasteiger partial charge in [-0.2, -0.15) is 0 Å². The Balaban J connectivity index is 1.29. The summed E-state index contributed by atoms with van der Waals surface area (Å²) in [7, 11) is 0. The SMILES string of the molecule is CC(F)(F)c1cc(F)cc(CC(=O)NCC2CCN(C(=O)CNCCCN3CCOCC3)CC2)c1. The van der Waals surface area contributed by atoms with Crippen LogP contribution in [-0.2, 0) is 26.7 Å². The van der Waals surface area contributed by atoms with Crippen molar-refractivity contribution in [1.29, 1.82) is 0 Å². The summed E-state index contributed by atoms with van der Waals surface area (Å²) < 4.78 is 46.0. The molecule has 2 aliphatic rings. The monoisotopic (exact) mass is 498 g/mol. The summed E-state index contributed by atoms with van der Waals surface area (Å²) in [4.78, 5) is 28.9. The van der Waals surface area contributed by atoms with Gasteiger partial charge in [-0.05, 0) is 62.0 Å². The molecule has 3 rings (SSSR count). The summed E-state index contributed by atoms with van der Waals surface area (Å²) >= 11 is 0. The van der Waals surface area contributed by atoms with Gasteiger partial charge in [0.25, 0.3) is 5.92 Å². The maximum Gasteiger partial charge on any atom is 0.270 e. The number of ether oxygens (including phenoxy) is 1. The summed E-state index contributed by atoms with van der Waals surface area (Å²) in [5.74, 6) is -3.95. The van der Waals surface area contributed by atoms with E-state index in [0.29, 0.717) is 33.1 Å². The second kappa shape index (κ2) is 13.2. The van der Waals surface area contributed by atoms with E-state index in [9.17, 15) is 22.8 Å². The van der Waals surface area contributed by atoms with E-state index < -0.39 is 17.3 Å². The van der Waals surface area contributed by atoms with Crippen LogP contribution in [0.25, 0.3) is 0 Å². The highest BCUT2D eigenvalue weighted by Gasteiger charge is 2.26. The van der Waals surface area contributed by atoms with Crippen LogP contribution >= 0.6 is 0 Å². The molecule has 2 amide bonds. The number of benzene rings is 1. The van der Waals surface area contributed by atoms with Crippen molar-refractivity contribution in [2.45, 2.75) is 38.5 Å². The van der Waals surface area contributed by atoms with E-state index in [4.69, 9.17) is 4.74 Å². The van der Waals surface area contributed by atoms with Gasteiger partial charge in [-0.3, -0.25) is 14.5 Å². The van der Waals surface area contributed by atoms with E-state index in [1.807, 2.05) is 4.90 Å². The number of likely N-dealkylation sites (tertiary alicyclic amines) is 1. The molecule has 10 heteroatoms. The molecule has 2 N–H and O–H groups in total. The summed E-state index contributed by atoms with van der Waals surface area (Å²) in [6.45, 7) is 8.10. The third-order valence-electron chi connectivity index (χ3n) is 6.59. The Morgan fingerprint density at radius 2 is 1.83 bits per heavy atom. The number of morpholine rings is 1. The lowest BCUT2D eigenvalue weighted by Gasteiger charge is -2.32. The first kappa shape index (κ1) is 27.4. The number of hydrogen-bond acceptors (Lipinski definition) is 5. The van der Waals surface area contributed by atoms with Gasteiger partial charge in [0.2, 0.25) is 11.8 Å². The van der Waals surface area contributed by atoms with Crippen LogP contribution in [0.1, 0.15) is 37.3 Å². The van der Waals surface area contributed by atoms with Gasteiger partial charge in [0, 0.05) is 45.2 Å². The number of piperidine rings is 1. The maximum atomic E-state index is 13.7. The fraction of sp³-hybridized carbons (Fsp3) is 0.680. The molecule has 7 nitrogen and oxygen atoms in total. The molecule has 0 saturated carbocycles. The Labute approximate surface area is 205 Å². The van der Waals surface area contributed by atoms with Crippen LogP contribution in [0.2, 0.25) is 0 Å². The normalized spacial score (nSPS) is 18.0. The standard InChI is InChI=1S/C25H37F3N4O3/c1-25(27,28)21-13-20(14-22(26)16-21)15-23(33)30-17-19-3-7-32(8-4-19)24(34)18-29-5-2-6-31-9-11-35-12-10-31/h13-14,16,19,29H,2-12,15,17-18H2,1H3,(H,30,33). The first-order valence-corrected chi connectivity index (χ1v) is 12.4. The number of carbonyl (C=O) groups is 2. The van der Waals surface area contributed by atoms with Crippen LogP contribution < -0.4 is 10.6 Å². The highest BCUT2D eigenvalue weighted by molar-refractivity contribution is 5.79. The summed E-state index contributed by atoms with van der Waals surface area (Å²) in [5.41, 5.74) is -0.221. The lowest BCUT2D eigenvalue weighted by molar-refractivity contribution is -0.131. The van der Waals surface area contributed by atoms with Crippen molar-refractivity contribution < 1.29 is 27.5 Å². The van der Waals surface area contributed by atoms with Crippen LogP contribution in [0.3, 0.4) is 0 Å². The molecule has 196 valence electrons. The largest absolute Gasteiger partial charge is 0.379 e. The van der Waals surface area contributed by atoms with Gasteiger partial charge in [-0.25, -0.2) is 13.2 Å². The number of rotatable bonds is 11. The van der Waals surface area contributed by atoms with Crippen molar-refractivity contribution in [1.82, 2.24) is 20.4 Å². The molecule has 2 aliphatic heterocycles. The van der Waals surface area contributed by atoms with Crippen molar-refractivity contribution in [3.63, 3.8) is 0 Å². The Kier molecular flexibility index (Phi) is 10.4. The van der Waals surface area contributed by atoms with Crippen LogP contribution in [0, 0.1) is 11.7 Å². The predicted molar refractivity (Wildman–Crippen MR) is 127 cm³/mol. The Hall–Kier alpha value is -2.17. The molecule has 0 unspecified atom stereocenters. The quantitative estimate of drug-likeness (QED) is 0.458. The molecule has 2 heterocycles. The molecule has 1 aromatic rings. The molecule has 0 atom stereocenters. The predicted octanol–water partition coefficient (Wildman–Crippen LogP) is 2.15. The van der Waals surface area contributed by atoms with E-state index in [1.165, 1.54) is 6.07 Å². The molecular weight excluding hydrogens is 461 g/mol. The van der Waals surface area contributed by atoms with E-state index >= 15 is 0 Å². The average Bonchev–Trinajstić information content (AvgIpc) is 2.82. The Bertz CT molecular complexity index is 836. The zero-order valence-electron chi connectivity index (χ0n) is 20.5. The summed E-state index contributed by atoms with van der Waals surface area (Å²) in [5, 5.41) is 6.06. The van der Waals surface area contributed by atoms with E-state index in [-0.39, 0.29) is 29.7 Å². The molecule has 2 saturated heterocycles. The van der Waals surface area contributed by atoms with Gasteiger partial charge in [0.05, 0.1) is 26.2 Å². The molecule has 0 radical (unpaired) electrons. The minimum Gasteiger partial charge on any atom is -0.379 e. The first-order chi connectivity index (χ1) is 16.7. The molecule has 0 aromatic heterocycles. The van der Waals surface area contributed by atoms with Crippen LogP contribution in [-0.4, -0.2) is 87.2 Å². The molecule has 0 spiro atoms. The fourth-order valence-electron chi connectivity index (χ4n) is 4.46. The van der Waals surface area contributed by atoms with E-state index in [0.717, 1.165) is 70.8 Å². The highest BCUT2D eigenvalue weighted by Crippen LogP contribution is 2.28. The number of alkyl halides is 2. The van der Waals surface area contributed by atoms with Gasteiger partial charge in [-0.1, -0.05) is 0 Å². The van der Waals surface area contributed by atoms with Crippen LogP contribution in [0.4, 0.5) is 13.2 Å². The second-order valence-electron chi connectivity index (χ2n) is 9.53. The van der Waals surface area contributed by atoms with Gasteiger partial charge in [0.15, 0.2) is 0 Å². The molecule has 35 heavy (non-hydrogen) atoms. The van der Waals surface area contributed by atoms with Crippen molar-refractivity contribution in [3.8, 4) is 0 Å². The number of carbonyl (C=O) groups excluding carboxylic acids is 2. The van der Waals surface area contributed by atoms with Crippen molar-refractivity contribution in [2.24, 2.45) is 5.92 Å². The molecule has 1 aromatic carbocycles. The lowest BCUT2D eigenvalue weighted by Crippen LogP contribution is -2.45. The minimum absolute atomic E-state index is 0.0912. The Morgan fingerprint density at radius 1 is 1.11 bits per heavy atom. The highest BCUT2D eigenvalue weighted by atomic mass is 19.3. The lowest BCUT2D eigenvalue weighted by atomic mass is 9.96. The van der Waals surface area contributed by atoms with Crippen molar-refractivity contribution >= 4 is 11.8 Å². The van der Waals surface area contributed by atoms with E-state index in [2.05, 4.69) is 15.5 Å². The average molecular weight is 499 g/mol. The third-order valence-corrected chi connectivity index (χ3v) is 6.59. The molecule has 2 fully saturated rings. The summed E-state index contributed by atoms with van der Waals surface area (Å²) in [6, 6.07) is 3.07. The summed E-state index contributed by atoms with van der Waals surface area (Å²) in [6.07, 6.45) is 2.41. The Morgan fingerprint density at radius 3 is 2.51 bits per heavy atom. The zero-order chi connectivity index (χ0) is 25.3. The maximum absolute atomic E-state index is 13.7. The number of amides is 2. The number of hydrogen-bond donors (Lipinski definition) is 2. The van der Waals surface area contributed by atoms with Crippen LogP contribution in [0.15, 0.2) is 18.2 Å². The molecule has 0 bridgehead atoms. The molecular formula is C25H37F3N4O3. The minimum atomic E-state index is -3.17. The zero-order valence-corrected chi connectivity index (χ0v) is 20.5. The number of halogens is 3. The van der Waals surface area contributed by atoms with Gasteiger partial charge in [-0.15, -0.1) is 0 Å². The van der Waals surface area contributed by atoms with Crippen molar-refractivity contribution in [2.75, 3.05) is 65.6 Å². The topological polar surface area (TPSA) is 73.9 Å². The van der Waals surface area contributed by atoms with Crippen LogP contribution in [0.5, 0.6) is 0 Å². The van der Waals surface area contributed by atoms with E-state index in [1.54, 1.807) is 0 Å². The second-order valence-corrected chi connectivity index (χ2v) is 9.53. The van der Waals surface area contributed by atoms with Crippen molar-refractivity contribution in [3.05, 3.63) is 35.1 Å². The number of nitrogens with zero attached hydrogens (tertiary/aromatic N) is 2.